The van der Waals surface area contributed by atoms with Gasteiger partial charge >= 0.3 is 0 Å². The molecule has 0 unspecified atom stereocenters. The summed E-state index contributed by atoms with van der Waals surface area (Å²) >= 11 is 7.32. The minimum atomic E-state index is -3.10. The Labute approximate surface area is 198 Å². The summed E-state index contributed by atoms with van der Waals surface area (Å²) in [4.78, 5) is 21.3. The second-order valence-corrected chi connectivity index (χ2v) is 11.7. The second-order valence-electron chi connectivity index (χ2n) is 7.95. The highest BCUT2D eigenvalue weighted by atomic mass is 35.5. The maximum atomic E-state index is 12.7. The number of halogens is 1. The van der Waals surface area contributed by atoms with Crippen molar-refractivity contribution in [2.75, 3.05) is 34.4 Å². The first kappa shape index (κ1) is 23.1. The number of aliphatic imine (C=N–C) groups is 1. The van der Waals surface area contributed by atoms with Gasteiger partial charge in [-0.2, -0.15) is 4.99 Å². The highest BCUT2D eigenvalue weighted by molar-refractivity contribution is 8.16. The van der Waals surface area contributed by atoms with Crippen molar-refractivity contribution >= 4 is 55.6 Å². The maximum Gasteiger partial charge on any atom is 0.252 e. The number of fused-ring (bicyclic) bond motifs is 1. The Morgan fingerprint density at radius 3 is 2.38 bits per heavy atom. The molecular formula is C23H26ClN3O3S2. The average molecular weight is 492 g/mol. The molecule has 2 aromatic rings. The van der Waals surface area contributed by atoms with E-state index < -0.39 is 9.84 Å². The summed E-state index contributed by atoms with van der Waals surface area (Å²) in [6.45, 7) is 6.04. The van der Waals surface area contributed by atoms with Crippen LogP contribution in [0.4, 0.5) is 11.4 Å². The quantitative estimate of drug-likeness (QED) is 0.607. The van der Waals surface area contributed by atoms with Crippen LogP contribution in [0.1, 0.15) is 19.4 Å². The minimum absolute atomic E-state index is 0.0762. The summed E-state index contributed by atoms with van der Waals surface area (Å²) in [5.74, 6) is -0.0735. The van der Waals surface area contributed by atoms with Crippen molar-refractivity contribution in [3.8, 4) is 0 Å². The van der Waals surface area contributed by atoms with Crippen LogP contribution in [-0.2, 0) is 21.1 Å². The zero-order valence-corrected chi connectivity index (χ0v) is 20.5. The van der Waals surface area contributed by atoms with Gasteiger partial charge in [-0.25, -0.2) is 8.42 Å². The molecule has 0 bridgehead atoms. The van der Waals surface area contributed by atoms with E-state index in [-0.39, 0.29) is 35.1 Å². The van der Waals surface area contributed by atoms with Crippen molar-refractivity contribution in [3.05, 3.63) is 59.1 Å². The first-order chi connectivity index (χ1) is 15.3. The van der Waals surface area contributed by atoms with E-state index in [1.807, 2.05) is 41.3 Å². The van der Waals surface area contributed by atoms with Crippen molar-refractivity contribution < 1.29 is 13.2 Å². The lowest BCUT2D eigenvalue weighted by Crippen LogP contribution is -2.37. The lowest BCUT2D eigenvalue weighted by Gasteiger charge is -2.26. The van der Waals surface area contributed by atoms with Crippen molar-refractivity contribution in [2.24, 2.45) is 4.99 Å². The van der Waals surface area contributed by atoms with Gasteiger partial charge in [0.05, 0.1) is 24.0 Å². The van der Waals surface area contributed by atoms with Crippen LogP contribution >= 0.6 is 23.4 Å². The van der Waals surface area contributed by atoms with E-state index in [9.17, 15) is 13.2 Å². The first-order valence-electron chi connectivity index (χ1n) is 10.7. The Morgan fingerprint density at radius 1 is 1.09 bits per heavy atom. The van der Waals surface area contributed by atoms with Gasteiger partial charge in [0, 0.05) is 34.7 Å². The molecule has 2 aliphatic heterocycles. The number of carbonyl (C=O) groups is 1. The predicted molar refractivity (Wildman–Crippen MR) is 134 cm³/mol. The van der Waals surface area contributed by atoms with Crippen LogP contribution in [0, 0.1) is 0 Å². The Bertz CT molecular complexity index is 1110. The number of sulfone groups is 1. The maximum absolute atomic E-state index is 12.7. The number of thioether (sulfide) groups is 1. The fourth-order valence-corrected chi connectivity index (χ4v) is 8.26. The van der Waals surface area contributed by atoms with Gasteiger partial charge in [0.2, 0.25) is 0 Å². The molecule has 2 heterocycles. The molecule has 0 aliphatic carbocycles. The topological polar surface area (TPSA) is 70.0 Å². The molecule has 2 saturated heterocycles. The molecule has 4 rings (SSSR count). The van der Waals surface area contributed by atoms with Crippen LogP contribution in [0.2, 0.25) is 5.02 Å². The average Bonchev–Trinajstić information content (AvgIpc) is 3.22. The van der Waals surface area contributed by atoms with Gasteiger partial charge in [-0.05, 0) is 55.8 Å². The number of hydrogen-bond donors (Lipinski definition) is 0. The molecule has 2 fully saturated rings. The third-order valence-electron chi connectivity index (χ3n) is 5.81. The molecule has 0 aromatic heterocycles. The molecule has 2 atom stereocenters. The molecule has 1 amide bonds. The molecule has 6 nitrogen and oxygen atoms in total. The lowest BCUT2D eigenvalue weighted by atomic mass is 10.1. The molecular weight excluding hydrogens is 466 g/mol. The minimum Gasteiger partial charge on any atom is -0.372 e. The molecule has 32 heavy (non-hydrogen) atoms. The zero-order valence-electron chi connectivity index (χ0n) is 18.1. The standard InChI is InChI=1S/C23H26ClN3O3S2/c1-3-26(4-2)18-9-11-19(12-10-18)27-20-14-32(29,30)15-21(20)31-23(27)25-22(28)13-16-5-7-17(24)8-6-16/h5-12,20-21H,3-4,13-15H2,1-2H3/t20-,21-/m1/s1. The number of carbonyl (C=O) groups excluding carboxylic acids is 1. The fraction of sp³-hybridized carbons (Fsp3) is 0.391. The van der Waals surface area contributed by atoms with E-state index in [0.29, 0.717) is 10.2 Å². The zero-order chi connectivity index (χ0) is 22.9. The Morgan fingerprint density at radius 2 is 1.75 bits per heavy atom. The summed E-state index contributed by atoms with van der Waals surface area (Å²) in [6.07, 6.45) is 0.170. The smallest absolute Gasteiger partial charge is 0.252 e. The largest absolute Gasteiger partial charge is 0.372 e. The van der Waals surface area contributed by atoms with Crippen LogP contribution in [0.15, 0.2) is 53.5 Å². The summed E-state index contributed by atoms with van der Waals surface area (Å²) < 4.78 is 24.6. The number of benzene rings is 2. The van der Waals surface area contributed by atoms with Gasteiger partial charge in [-0.15, -0.1) is 0 Å². The molecule has 9 heteroatoms. The van der Waals surface area contributed by atoms with E-state index in [0.717, 1.165) is 30.0 Å². The van der Waals surface area contributed by atoms with E-state index >= 15 is 0 Å². The number of rotatable bonds is 6. The van der Waals surface area contributed by atoms with Crippen molar-refractivity contribution in [2.45, 2.75) is 31.6 Å². The first-order valence-corrected chi connectivity index (χ1v) is 13.7. The monoisotopic (exact) mass is 491 g/mol. The van der Waals surface area contributed by atoms with E-state index in [1.165, 1.54) is 11.8 Å². The highest BCUT2D eigenvalue weighted by Crippen LogP contribution is 2.41. The highest BCUT2D eigenvalue weighted by Gasteiger charge is 2.49. The molecule has 2 aromatic carbocycles. The predicted octanol–water partition coefficient (Wildman–Crippen LogP) is 4.03. The summed E-state index contributed by atoms with van der Waals surface area (Å²) in [5, 5.41) is 1.07. The van der Waals surface area contributed by atoms with Crippen LogP contribution in [0.3, 0.4) is 0 Å². The normalized spacial score (nSPS) is 22.8. The number of amides is 1. The third-order valence-corrected chi connectivity index (χ3v) is 9.27. The van der Waals surface area contributed by atoms with Crippen molar-refractivity contribution in [1.29, 1.82) is 0 Å². The summed E-state index contributed by atoms with van der Waals surface area (Å²) in [6, 6.07) is 15.0. The van der Waals surface area contributed by atoms with Crippen LogP contribution < -0.4 is 9.80 Å². The number of anilines is 2. The summed E-state index contributed by atoms with van der Waals surface area (Å²) in [7, 11) is -3.10. The third kappa shape index (κ3) is 4.97. The van der Waals surface area contributed by atoms with Gasteiger partial charge < -0.3 is 9.80 Å². The number of hydrogen-bond acceptors (Lipinski definition) is 5. The molecule has 0 spiro atoms. The Kier molecular flexibility index (Phi) is 6.83. The molecule has 170 valence electrons. The molecule has 0 saturated carbocycles. The molecule has 2 aliphatic rings. The fourth-order valence-electron chi connectivity index (χ4n) is 4.20. The summed E-state index contributed by atoms with van der Waals surface area (Å²) in [5.41, 5.74) is 2.80. The van der Waals surface area contributed by atoms with E-state index in [2.05, 4.69) is 23.7 Å². The second kappa shape index (κ2) is 9.45. The van der Waals surface area contributed by atoms with Crippen LogP contribution in [-0.4, -0.2) is 55.4 Å². The van der Waals surface area contributed by atoms with Crippen LogP contribution in [0.5, 0.6) is 0 Å². The van der Waals surface area contributed by atoms with Gasteiger partial charge in [-0.1, -0.05) is 35.5 Å². The van der Waals surface area contributed by atoms with Gasteiger partial charge in [-0.3, -0.25) is 4.79 Å². The van der Waals surface area contributed by atoms with Gasteiger partial charge in [0.1, 0.15) is 0 Å². The van der Waals surface area contributed by atoms with Gasteiger partial charge in [0.25, 0.3) is 5.91 Å². The number of amidine groups is 1. The SMILES string of the molecule is CCN(CC)c1ccc(N2C(=NC(=O)Cc3ccc(Cl)cc3)S[C@@H]3CS(=O)(=O)C[C@H]32)cc1. The molecule has 0 radical (unpaired) electrons. The van der Waals surface area contributed by atoms with Crippen molar-refractivity contribution in [1.82, 2.24) is 0 Å². The Hall–Kier alpha value is -2.03. The van der Waals surface area contributed by atoms with Crippen LogP contribution in [0.25, 0.3) is 0 Å². The molecule has 0 N–H and O–H groups in total. The van der Waals surface area contributed by atoms with Crippen molar-refractivity contribution in [3.63, 3.8) is 0 Å². The Balaban J connectivity index is 1.62. The lowest BCUT2D eigenvalue weighted by molar-refractivity contribution is -0.117. The number of nitrogens with zero attached hydrogens (tertiary/aromatic N) is 3. The van der Waals surface area contributed by atoms with E-state index in [1.54, 1.807) is 12.1 Å². The van der Waals surface area contributed by atoms with E-state index in [4.69, 9.17) is 11.6 Å². The van der Waals surface area contributed by atoms with Gasteiger partial charge in [0.15, 0.2) is 15.0 Å².